The van der Waals surface area contributed by atoms with Crippen LogP contribution in [0.2, 0.25) is 0 Å². The topological polar surface area (TPSA) is 82.2 Å². The van der Waals surface area contributed by atoms with Gasteiger partial charge in [-0.3, -0.25) is 9.59 Å². The monoisotopic (exact) mass is 304 g/mol. The fourth-order valence-corrected chi connectivity index (χ4v) is 3.71. The summed E-state index contributed by atoms with van der Waals surface area (Å²) in [5.41, 5.74) is 1.99. The van der Waals surface area contributed by atoms with Crippen molar-refractivity contribution in [2.24, 2.45) is 5.92 Å². The van der Waals surface area contributed by atoms with Crippen molar-refractivity contribution < 1.29 is 9.90 Å². The molecule has 1 fully saturated rings. The van der Waals surface area contributed by atoms with E-state index < -0.39 is 0 Å². The van der Waals surface area contributed by atoms with E-state index in [4.69, 9.17) is 0 Å². The number of aromatic nitrogens is 1. The summed E-state index contributed by atoms with van der Waals surface area (Å²) in [5.74, 6) is -0.200. The molecule has 1 amide bonds. The van der Waals surface area contributed by atoms with Gasteiger partial charge in [-0.05, 0) is 50.2 Å². The van der Waals surface area contributed by atoms with Crippen molar-refractivity contribution in [1.82, 2.24) is 10.3 Å². The number of aliphatic hydroxyl groups is 1. The molecule has 0 bridgehead atoms. The second-order valence-electron chi connectivity index (χ2n) is 6.53. The number of hydrogen-bond acceptors (Lipinski definition) is 3. The van der Waals surface area contributed by atoms with Gasteiger partial charge in [-0.1, -0.05) is 12.8 Å². The summed E-state index contributed by atoms with van der Waals surface area (Å²) in [6.45, 7) is 0.0888. The minimum Gasteiger partial charge on any atom is -0.396 e. The zero-order chi connectivity index (χ0) is 15.5. The van der Waals surface area contributed by atoms with Gasteiger partial charge in [-0.15, -0.1) is 0 Å². The average Bonchev–Trinajstić information content (AvgIpc) is 2.54. The van der Waals surface area contributed by atoms with E-state index in [9.17, 15) is 14.7 Å². The molecule has 0 radical (unpaired) electrons. The van der Waals surface area contributed by atoms with Gasteiger partial charge in [0.2, 0.25) is 0 Å². The van der Waals surface area contributed by atoms with E-state index in [0.717, 1.165) is 62.6 Å². The van der Waals surface area contributed by atoms with E-state index in [1.807, 2.05) is 0 Å². The van der Waals surface area contributed by atoms with E-state index >= 15 is 0 Å². The lowest BCUT2D eigenvalue weighted by Gasteiger charge is -2.30. The lowest BCUT2D eigenvalue weighted by molar-refractivity contribution is 0.0871. The van der Waals surface area contributed by atoms with Crippen molar-refractivity contribution in [2.75, 3.05) is 6.61 Å². The number of pyridine rings is 1. The largest absolute Gasteiger partial charge is 0.396 e. The van der Waals surface area contributed by atoms with Gasteiger partial charge in [0.15, 0.2) is 0 Å². The molecule has 3 N–H and O–H groups in total. The van der Waals surface area contributed by atoms with Gasteiger partial charge in [-0.2, -0.15) is 0 Å². The maximum absolute atomic E-state index is 12.5. The molecule has 2 aliphatic carbocycles. The molecule has 0 aliphatic heterocycles. The lowest BCUT2D eigenvalue weighted by atomic mass is 9.85. The van der Waals surface area contributed by atoms with Gasteiger partial charge in [0.25, 0.3) is 11.5 Å². The summed E-state index contributed by atoms with van der Waals surface area (Å²) in [4.78, 5) is 27.5. The van der Waals surface area contributed by atoms with Crippen molar-refractivity contribution in [3.63, 3.8) is 0 Å². The Morgan fingerprint density at radius 2 is 2.00 bits per heavy atom. The molecule has 2 aliphatic rings. The van der Waals surface area contributed by atoms with Crippen molar-refractivity contribution in [2.45, 2.75) is 57.4 Å². The Morgan fingerprint density at radius 1 is 1.23 bits per heavy atom. The Morgan fingerprint density at radius 3 is 2.82 bits per heavy atom. The zero-order valence-corrected chi connectivity index (χ0v) is 12.9. The highest BCUT2D eigenvalue weighted by Gasteiger charge is 2.27. The van der Waals surface area contributed by atoms with E-state index in [-0.39, 0.29) is 35.6 Å². The molecular weight excluding hydrogens is 280 g/mol. The third-order valence-corrected chi connectivity index (χ3v) is 5.04. The molecule has 1 aromatic heterocycles. The lowest BCUT2D eigenvalue weighted by Crippen LogP contribution is -2.44. The number of H-pyrrole nitrogens is 1. The molecule has 0 spiro atoms. The number of aryl methyl sites for hydroxylation is 2. The molecule has 5 nitrogen and oxygen atoms in total. The summed E-state index contributed by atoms with van der Waals surface area (Å²) >= 11 is 0. The van der Waals surface area contributed by atoms with Crippen LogP contribution in [0.1, 0.15) is 60.1 Å². The number of fused-ring (bicyclic) bond motifs is 1. The Bertz CT molecular complexity index is 608. The Labute approximate surface area is 130 Å². The first kappa shape index (κ1) is 15.3. The molecule has 1 saturated carbocycles. The molecule has 0 saturated heterocycles. The first-order valence-electron chi connectivity index (χ1n) is 8.36. The fourth-order valence-electron chi connectivity index (χ4n) is 3.71. The number of aromatic amines is 1. The van der Waals surface area contributed by atoms with Crippen molar-refractivity contribution in [3.8, 4) is 0 Å². The van der Waals surface area contributed by atoms with Crippen LogP contribution in [0.5, 0.6) is 0 Å². The smallest absolute Gasteiger partial charge is 0.261 e. The van der Waals surface area contributed by atoms with E-state index in [2.05, 4.69) is 10.3 Å². The van der Waals surface area contributed by atoms with Crippen molar-refractivity contribution in [1.29, 1.82) is 0 Å². The van der Waals surface area contributed by atoms with Gasteiger partial charge < -0.3 is 15.4 Å². The number of carbonyl (C=O) groups is 1. The van der Waals surface area contributed by atoms with Gasteiger partial charge >= 0.3 is 0 Å². The Balaban J connectivity index is 1.78. The SMILES string of the molecule is O=C(NC1CCCCC1CO)c1cc2c([nH]c1=O)CCCC2. The van der Waals surface area contributed by atoms with Crippen LogP contribution in [0.4, 0.5) is 0 Å². The predicted octanol–water partition coefficient (Wildman–Crippen LogP) is 1.53. The fraction of sp³-hybridized carbons (Fsp3) is 0.647. The third-order valence-electron chi connectivity index (χ3n) is 5.04. The highest BCUT2D eigenvalue weighted by atomic mass is 16.3. The number of nitrogens with one attached hydrogen (secondary N) is 2. The summed E-state index contributed by atoms with van der Waals surface area (Å²) in [5, 5.41) is 12.4. The standard InChI is InChI=1S/C17H24N2O3/c20-10-12-6-2-4-8-15(12)19-17(22)13-9-11-5-1-3-7-14(11)18-16(13)21/h9,12,15,20H,1-8,10H2,(H,18,21)(H,19,22). The third kappa shape index (κ3) is 3.09. The Hall–Kier alpha value is -1.62. The number of aliphatic hydroxyl groups excluding tert-OH is 1. The van der Waals surface area contributed by atoms with Crippen molar-refractivity contribution in [3.05, 3.63) is 33.2 Å². The van der Waals surface area contributed by atoms with E-state index in [1.165, 1.54) is 0 Å². The molecule has 0 aromatic carbocycles. The summed E-state index contributed by atoms with van der Waals surface area (Å²) in [7, 11) is 0. The molecule has 2 atom stereocenters. The molecule has 22 heavy (non-hydrogen) atoms. The molecule has 1 aromatic rings. The predicted molar refractivity (Wildman–Crippen MR) is 84.0 cm³/mol. The molecule has 120 valence electrons. The molecule has 5 heteroatoms. The summed E-state index contributed by atoms with van der Waals surface area (Å²) in [6, 6.07) is 1.74. The van der Waals surface area contributed by atoms with Crippen LogP contribution >= 0.6 is 0 Å². The van der Waals surface area contributed by atoms with Crippen LogP contribution in [-0.2, 0) is 12.8 Å². The van der Waals surface area contributed by atoms with Crippen LogP contribution in [0, 0.1) is 5.92 Å². The van der Waals surface area contributed by atoms with Gasteiger partial charge in [0, 0.05) is 24.3 Å². The highest BCUT2D eigenvalue weighted by molar-refractivity contribution is 5.94. The molecule has 3 rings (SSSR count). The van der Waals surface area contributed by atoms with E-state index in [0.29, 0.717) is 0 Å². The number of rotatable bonds is 3. The minimum absolute atomic E-state index is 0.0262. The first-order valence-corrected chi connectivity index (χ1v) is 8.36. The minimum atomic E-state index is -0.306. The maximum Gasteiger partial charge on any atom is 0.261 e. The number of carbonyl (C=O) groups excluding carboxylic acids is 1. The van der Waals surface area contributed by atoms with Crippen LogP contribution in [0.3, 0.4) is 0 Å². The highest BCUT2D eigenvalue weighted by Crippen LogP contribution is 2.24. The second kappa shape index (κ2) is 6.65. The van der Waals surface area contributed by atoms with Gasteiger partial charge in [-0.25, -0.2) is 0 Å². The summed E-state index contributed by atoms with van der Waals surface area (Å²) < 4.78 is 0. The van der Waals surface area contributed by atoms with Gasteiger partial charge in [0.05, 0.1) is 0 Å². The van der Waals surface area contributed by atoms with Gasteiger partial charge in [0.1, 0.15) is 5.56 Å². The molecular formula is C17H24N2O3. The zero-order valence-electron chi connectivity index (χ0n) is 12.9. The Kier molecular flexibility index (Phi) is 4.62. The van der Waals surface area contributed by atoms with Crippen LogP contribution < -0.4 is 10.9 Å². The first-order chi connectivity index (χ1) is 10.7. The maximum atomic E-state index is 12.5. The number of hydrogen-bond donors (Lipinski definition) is 3. The van der Waals surface area contributed by atoms with Crippen LogP contribution in [-0.4, -0.2) is 28.6 Å². The average molecular weight is 304 g/mol. The van der Waals surface area contributed by atoms with Crippen LogP contribution in [0.15, 0.2) is 10.9 Å². The van der Waals surface area contributed by atoms with Crippen LogP contribution in [0.25, 0.3) is 0 Å². The molecule has 2 unspecified atom stereocenters. The second-order valence-corrected chi connectivity index (χ2v) is 6.53. The number of amides is 1. The quantitative estimate of drug-likeness (QED) is 0.792. The molecule has 1 heterocycles. The summed E-state index contributed by atoms with van der Waals surface area (Å²) in [6.07, 6.45) is 7.97. The van der Waals surface area contributed by atoms with E-state index in [1.54, 1.807) is 6.07 Å². The normalized spacial score (nSPS) is 24.6. The van der Waals surface area contributed by atoms with Crippen molar-refractivity contribution >= 4 is 5.91 Å².